The van der Waals surface area contributed by atoms with Crippen LogP contribution in [0.3, 0.4) is 0 Å². The number of hydrogen-bond acceptors (Lipinski definition) is 6. The molecule has 0 amide bonds. The molecule has 2 heterocycles. The molecule has 0 aliphatic carbocycles. The standard InChI is InChI=1S/C16H14F2N3O4S.Na/c1-23-13-5-6-19-12(14(13)24-2)8-26(22)16-20-10-4-3-9(25-15(17)18)7-11(10)21-16;/h3-7,15H,8H2,1-2H3;/q-1;+1/i1D3,2D,5D,6D,8D2;. The van der Waals surface area contributed by atoms with Crippen molar-refractivity contribution in [1.82, 2.24) is 15.0 Å². The van der Waals surface area contributed by atoms with Crippen molar-refractivity contribution < 1.29 is 67.7 Å². The van der Waals surface area contributed by atoms with E-state index in [2.05, 4.69) is 24.4 Å². The monoisotopic (exact) mass is 413 g/mol. The molecule has 0 fully saturated rings. The first-order chi connectivity index (χ1) is 15.7. The third-order valence-corrected chi connectivity index (χ3v) is 3.86. The van der Waals surface area contributed by atoms with Gasteiger partial charge in [0.15, 0.2) is 11.5 Å². The van der Waals surface area contributed by atoms with Crippen molar-refractivity contribution in [2.24, 2.45) is 0 Å². The van der Waals surface area contributed by atoms with Crippen LogP contribution in [0.4, 0.5) is 8.78 Å². The van der Waals surface area contributed by atoms with Gasteiger partial charge in [0.25, 0.3) is 0 Å². The van der Waals surface area contributed by atoms with Gasteiger partial charge in [-0.05, 0) is 23.2 Å². The van der Waals surface area contributed by atoms with E-state index in [1.807, 2.05) is 0 Å². The molecule has 7 nitrogen and oxygen atoms in total. The largest absolute Gasteiger partial charge is 1.00 e. The van der Waals surface area contributed by atoms with Gasteiger partial charge in [-0.2, -0.15) is 8.78 Å². The molecule has 0 bridgehead atoms. The van der Waals surface area contributed by atoms with E-state index in [0.717, 1.165) is 12.1 Å². The fourth-order valence-electron chi connectivity index (χ4n) is 1.94. The summed E-state index contributed by atoms with van der Waals surface area (Å²) in [6.07, 6.45) is -0.908. The first-order valence-electron chi connectivity index (χ1n) is 10.9. The quantitative estimate of drug-likeness (QED) is 0.484. The maximum Gasteiger partial charge on any atom is 1.00 e. The van der Waals surface area contributed by atoms with Crippen molar-refractivity contribution in [2.75, 3.05) is 14.1 Å². The Kier molecular flexibility index (Phi) is 4.43. The van der Waals surface area contributed by atoms with Gasteiger partial charge >= 0.3 is 36.2 Å². The molecule has 0 N–H and O–H groups in total. The van der Waals surface area contributed by atoms with E-state index in [-0.39, 0.29) is 46.3 Å². The number of halogens is 2. The zero-order chi connectivity index (χ0) is 25.4. The number of alkyl halides is 2. The predicted octanol–water partition coefficient (Wildman–Crippen LogP) is -0.483. The van der Waals surface area contributed by atoms with Gasteiger partial charge in [0.1, 0.15) is 5.75 Å². The van der Waals surface area contributed by atoms with Crippen molar-refractivity contribution in [3.8, 4) is 17.2 Å². The Bertz CT molecular complexity index is 1250. The molecule has 2 aromatic heterocycles. The van der Waals surface area contributed by atoms with Crippen LogP contribution in [0.1, 0.15) is 16.7 Å². The Morgan fingerprint density at radius 1 is 1.44 bits per heavy atom. The topological polar surface area (TPSA) is 84.6 Å². The third kappa shape index (κ3) is 4.95. The molecule has 0 aliphatic heterocycles. The summed E-state index contributed by atoms with van der Waals surface area (Å²) >= 11 is 0. The second kappa shape index (κ2) is 9.45. The van der Waals surface area contributed by atoms with Crippen molar-refractivity contribution in [2.45, 2.75) is 17.5 Å². The third-order valence-electron chi connectivity index (χ3n) is 2.96. The maximum atomic E-state index is 13.1. The summed E-state index contributed by atoms with van der Waals surface area (Å²) in [6.45, 7) is -3.10. The molecular formula is C16H14F2N3NaO4S. The van der Waals surface area contributed by atoms with E-state index in [1.54, 1.807) is 0 Å². The molecule has 1 unspecified atom stereocenters. The number of aromatic nitrogens is 3. The fourth-order valence-corrected chi connectivity index (χ4v) is 2.70. The van der Waals surface area contributed by atoms with E-state index >= 15 is 0 Å². The second-order valence-corrected chi connectivity index (χ2v) is 5.61. The molecule has 27 heavy (non-hydrogen) atoms. The van der Waals surface area contributed by atoms with Gasteiger partial charge in [-0.25, -0.2) is 0 Å². The minimum atomic E-state index is -3.13. The predicted molar refractivity (Wildman–Crippen MR) is 89.1 cm³/mol. The smallest absolute Gasteiger partial charge is 0.493 e. The number of nitrogens with zero attached hydrogens (tertiary/aromatic N) is 3. The fraction of sp³-hybridized carbons (Fsp3) is 0.250. The SMILES string of the molecule is [2H]COc1c(C([2H])([2H])S(=O)c2nc3cc(OC(F)F)ccc3[n-]2)nc([2H])c([2H])c1OC([2H])([2H])[2H].[Na+]. The van der Waals surface area contributed by atoms with E-state index in [0.29, 0.717) is 0 Å². The molecular weight excluding hydrogens is 391 g/mol. The molecule has 1 atom stereocenters. The Morgan fingerprint density at radius 3 is 3.04 bits per heavy atom. The van der Waals surface area contributed by atoms with Crippen LogP contribution in [-0.4, -0.2) is 34.9 Å². The molecule has 0 radical (unpaired) electrons. The normalized spacial score (nSPS) is 17.1. The summed E-state index contributed by atoms with van der Waals surface area (Å²) in [7, 11) is -6.78. The number of pyridine rings is 1. The van der Waals surface area contributed by atoms with Crippen LogP contribution in [-0.2, 0) is 16.5 Å². The molecule has 3 rings (SSSR count). The number of benzene rings is 1. The Morgan fingerprint density at radius 2 is 2.30 bits per heavy atom. The summed E-state index contributed by atoms with van der Waals surface area (Å²) in [5.74, 6) is -1.94. The van der Waals surface area contributed by atoms with Gasteiger partial charge < -0.3 is 24.2 Å². The number of rotatable bonds is 7. The van der Waals surface area contributed by atoms with Crippen molar-refractivity contribution >= 4 is 21.8 Å². The number of imidazole rings is 1. The first kappa shape index (κ1) is 12.7. The molecule has 138 valence electrons. The van der Waals surface area contributed by atoms with Gasteiger partial charge in [0.2, 0.25) is 0 Å². The Hall–Kier alpha value is -1.75. The van der Waals surface area contributed by atoms with Crippen molar-refractivity contribution in [3.05, 3.63) is 36.1 Å². The summed E-state index contributed by atoms with van der Waals surface area (Å²) in [5, 5.41) is -0.576. The average Bonchev–Trinajstić information content (AvgIpc) is 3.14. The maximum absolute atomic E-state index is 13.1. The van der Waals surface area contributed by atoms with Gasteiger partial charge in [0.05, 0.1) is 44.5 Å². The molecule has 0 spiro atoms. The molecule has 3 aromatic rings. The summed E-state index contributed by atoms with van der Waals surface area (Å²) in [4.78, 5) is 11.4. The van der Waals surface area contributed by atoms with Crippen LogP contribution >= 0.6 is 0 Å². The second-order valence-electron chi connectivity index (χ2n) is 4.51. The molecule has 0 saturated heterocycles. The minimum absolute atomic E-state index is 0. The zero-order valence-electron chi connectivity index (χ0n) is 21.7. The minimum Gasteiger partial charge on any atom is -0.493 e. The van der Waals surface area contributed by atoms with Gasteiger partial charge in [-0.3, -0.25) is 9.19 Å². The Balaban J connectivity index is 0.00000432. The number of ether oxygens (including phenoxy) is 3. The Labute approximate surface area is 189 Å². The van der Waals surface area contributed by atoms with Crippen LogP contribution in [0.5, 0.6) is 17.2 Å². The summed E-state index contributed by atoms with van der Waals surface area (Å²) in [6, 6.07) is 2.62. The van der Waals surface area contributed by atoms with Crippen LogP contribution in [0.15, 0.2) is 35.6 Å². The van der Waals surface area contributed by atoms with Gasteiger partial charge in [-0.1, -0.05) is 6.07 Å². The first-order valence-corrected chi connectivity index (χ1v) is 7.83. The molecule has 11 heteroatoms. The van der Waals surface area contributed by atoms with E-state index in [9.17, 15) is 13.0 Å². The van der Waals surface area contributed by atoms with E-state index < -0.39 is 71.8 Å². The van der Waals surface area contributed by atoms with E-state index in [4.69, 9.17) is 15.7 Å². The van der Waals surface area contributed by atoms with E-state index in [1.165, 1.54) is 6.07 Å². The van der Waals surface area contributed by atoms with Crippen LogP contribution in [0, 0.1) is 0 Å². The summed E-state index contributed by atoms with van der Waals surface area (Å²) < 4.78 is 113. The van der Waals surface area contributed by atoms with Crippen LogP contribution in [0.2, 0.25) is 0 Å². The van der Waals surface area contributed by atoms with Crippen LogP contribution < -0.4 is 48.8 Å². The van der Waals surface area contributed by atoms with Crippen molar-refractivity contribution in [1.29, 1.82) is 0 Å². The summed E-state index contributed by atoms with van der Waals surface area (Å²) in [5.41, 5.74) is -3.85. The van der Waals surface area contributed by atoms with Crippen LogP contribution in [0.25, 0.3) is 11.0 Å². The molecule has 0 aliphatic rings. The zero-order valence-corrected chi connectivity index (χ0v) is 16.5. The van der Waals surface area contributed by atoms with Gasteiger partial charge in [0, 0.05) is 20.1 Å². The molecule has 1 aromatic carbocycles. The van der Waals surface area contributed by atoms with Gasteiger partial charge in [-0.15, -0.1) is 0 Å². The number of fused-ring (bicyclic) bond motifs is 1. The van der Waals surface area contributed by atoms with Crippen molar-refractivity contribution in [3.63, 3.8) is 0 Å². The molecule has 0 saturated carbocycles. The average molecular weight is 413 g/mol. The number of methoxy groups -OCH3 is 2. The number of hydrogen-bond donors (Lipinski definition) is 0.